The molecule has 0 heterocycles. The molecule has 0 radical (unpaired) electrons. The van der Waals surface area contributed by atoms with Crippen LogP contribution in [0, 0.1) is 5.82 Å². The van der Waals surface area contributed by atoms with Gasteiger partial charge < -0.3 is 10.2 Å². The van der Waals surface area contributed by atoms with Crippen LogP contribution in [-0.2, 0) is 22.6 Å². The van der Waals surface area contributed by atoms with Crippen LogP contribution in [0.25, 0.3) is 0 Å². The van der Waals surface area contributed by atoms with Crippen molar-refractivity contribution in [3.63, 3.8) is 0 Å². The van der Waals surface area contributed by atoms with E-state index >= 15 is 0 Å². The Morgan fingerprint density at radius 1 is 1.08 bits per heavy atom. The van der Waals surface area contributed by atoms with Crippen molar-refractivity contribution in [2.75, 3.05) is 6.54 Å². The summed E-state index contributed by atoms with van der Waals surface area (Å²) in [6, 6.07) is 14.9. The lowest BCUT2D eigenvalue weighted by atomic mass is 10.1. The van der Waals surface area contributed by atoms with Gasteiger partial charge in [-0.1, -0.05) is 48.5 Å². The van der Waals surface area contributed by atoms with Crippen molar-refractivity contribution in [1.82, 2.24) is 10.2 Å². The molecular formula is C20H23FN2O2. The van der Waals surface area contributed by atoms with Gasteiger partial charge >= 0.3 is 0 Å². The highest BCUT2D eigenvalue weighted by molar-refractivity contribution is 5.88. The Balaban J connectivity index is 2.23. The van der Waals surface area contributed by atoms with E-state index in [1.54, 1.807) is 25.1 Å². The molecular weight excluding hydrogens is 319 g/mol. The van der Waals surface area contributed by atoms with E-state index in [9.17, 15) is 14.0 Å². The van der Waals surface area contributed by atoms with Gasteiger partial charge in [0.05, 0.1) is 6.42 Å². The first-order chi connectivity index (χ1) is 12.0. The standard InChI is InChI=1S/C20H23FN2O2/c1-3-22-20(25)15(2)23(14-17-11-7-8-12-18(17)21)19(24)13-16-9-5-4-6-10-16/h4-12,15H,3,13-14H2,1-2H3,(H,22,25)/t15-/m0/s1. The minimum Gasteiger partial charge on any atom is -0.355 e. The van der Waals surface area contributed by atoms with Crippen molar-refractivity contribution in [1.29, 1.82) is 0 Å². The summed E-state index contributed by atoms with van der Waals surface area (Å²) >= 11 is 0. The number of hydrogen-bond donors (Lipinski definition) is 1. The van der Waals surface area contributed by atoms with Crippen LogP contribution in [0.2, 0.25) is 0 Å². The van der Waals surface area contributed by atoms with Gasteiger partial charge in [0.25, 0.3) is 0 Å². The summed E-state index contributed by atoms with van der Waals surface area (Å²) in [6.45, 7) is 4.01. The van der Waals surface area contributed by atoms with Crippen molar-refractivity contribution >= 4 is 11.8 Å². The normalized spacial score (nSPS) is 11.6. The third kappa shape index (κ3) is 5.14. The van der Waals surface area contributed by atoms with Crippen LogP contribution in [-0.4, -0.2) is 29.3 Å². The van der Waals surface area contributed by atoms with E-state index in [1.807, 2.05) is 37.3 Å². The topological polar surface area (TPSA) is 49.4 Å². The number of hydrogen-bond acceptors (Lipinski definition) is 2. The molecule has 0 aliphatic carbocycles. The van der Waals surface area contributed by atoms with E-state index in [0.717, 1.165) is 5.56 Å². The Morgan fingerprint density at radius 2 is 1.72 bits per heavy atom. The molecule has 1 atom stereocenters. The lowest BCUT2D eigenvalue weighted by Crippen LogP contribution is -2.48. The number of nitrogens with zero attached hydrogens (tertiary/aromatic N) is 1. The fourth-order valence-corrected chi connectivity index (χ4v) is 2.59. The first kappa shape index (κ1) is 18.6. The smallest absolute Gasteiger partial charge is 0.242 e. The number of halogens is 1. The summed E-state index contributed by atoms with van der Waals surface area (Å²) in [6.07, 6.45) is 0.166. The van der Waals surface area contributed by atoms with E-state index in [4.69, 9.17) is 0 Å². The van der Waals surface area contributed by atoms with Gasteiger partial charge in [0.1, 0.15) is 11.9 Å². The molecule has 4 nitrogen and oxygen atoms in total. The summed E-state index contributed by atoms with van der Waals surface area (Å²) in [7, 11) is 0. The van der Waals surface area contributed by atoms with Gasteiger partial charge in [0, 0.05) is 18.7 Å². The molecule has 2 rings (SSSR count). The average Bonchev–Trinajstić information content (AvgIpc) is 2.61. The van der Waals surface area contributed by atoms with Crippen LogP contribution in [0.5, 0.6) is 0 Å². The molecule has 0 saturated heterocycles. The molecule has 0 aliphatic heterocycles. The van der Waals surface area contributed by atoms with Crippen molar-refractivity contribution in [3.05, 3.63) is 71.5 Å². The molecule has 0 unspecified atom stereocenters. The van der Waals surface area contributed by atoms with E-state index in [1.165, 1.54) is 11.0 Å². The molecule has 2 aromatic rings. The fraction of sp³-hybridized carbons (Fsp3) is 0.300. The molecule has 5 heteroatoms. The van der Waals surface area contributed by atoms with Crippen LogP contribution >= 0.6 is 0 Å². The number of rotatable bonds is 7. The molecule has 2 aromatic carbocycles. The predicted octanol–water partition coefficient (Wildman–Crippen LogP) is 2.92. The molecule has 25 heavy (non-hydrogen) atoms. The zero-order valence-electron chi connectivity index (χ0n) is 14.5. The van der Waals surface area contributed by atoms with Crippen molar-refractivity contribution in [3.8, 4) is 0 Å². The molecule has 0 spiro atoms. The van der Waals surface area contributed by atoms with Gasteiger partial charge in [0.2, 0.25) is 11.8 Å². The second-order valence-corrected chi connectivity index (χ2v) is 5.85. The Hall–Kier alpha value is -2.69. The Morgan fingerprint density at radius 3 is 2.36 bits per heavy atom. The maximum Gasteiger partial charge on any atom is 0.242 e. The van der Waals surface area contributed by atoms with Crippen molar-refractivity contribution in [2.45, 2.75) is 32.9 Å². The highest BCUT2D eigenvalue weighted by Gasteiger charge is 2.26. The molecule has 0 aliphatic rings. The molecule has 0 aromatic heterocycles. The van der Waals surface area contributed by atoms with E-state index in [0.29, 0.717) is 12.1 Å². The van der Waals surface area contributed by atoms with Gasteiger partial charge in [-0.3, -0.25) is 9.59 Å². The molecule has 0 fully saturated rings. The van der Waals surface area contributed by atoms with E-state index in [2.05, 4.69) is 5.32 Å². The van der Waals surface area contributed by atoms with Gasteiger partial charge in [-0.05, 0) is 25.5 Å². The maximum absolute atomic E-state index is 14.0. The Kier molecular flexibility index (Phi) is 6.69. The molecule has 0 saturated carbocycles. The van der Waals surface area contributed by atoms with Gasteiger partial charge in [-0.2, -0.15) is 0 Å². The number of amides is 2. The van der Waals surface area contributed by atoms with Crippen LogP contribution in [0.4, 0.5) is 4.39 Å². The number of benzene rings is 2. The fourth-order valence-electron chi connectivity index (χ4n) is 2.59. The minimum absolute atomic E-state index is 0.0522. The summed E-state index contributed by atoms with van der Waals surface area (Å²) in [5, 5.41) is 2.72. The number of nitrogens with one attached hydrogen (secondary N) is 1. The number of likely N-dealkylation sites (N-methyl/N-ethyl adjacent to an activating group) is 1. The predicted molar refractivity (Wildman–Crippen MR) is 95.2 cm³/mol. The summed E-state index contributed by atoms with van der Waals surface area (Å²) < 4.78 is 14.0. The van der Waals surface area contributed by atoms with Crippen molar-refractivity contribution < 1.29 is 14.0 Å². The zero-order valence-corrected chi connectivity index (χ0v) is 14.5. The lowest BCUT2D eigenvalue weighted by molar-refractivity contribution is -0.140. The highest BCUT2D eigenvalue weighted by atomic mass is 19.1. The van der Waals surface area contributed by atoms with Crippen molar-refractivity contribution in [2.24, 2.45) is 0 Å². The Bertz CT molecular complexity index is 719. The van der Waals surface area contributed by atoms with Gasteiger partial charge in [-0.25, -0.2) is 4.39 Å². The van der Waals surface area contributed by atoms with Gasteiger partial charge in [0.15, 0.2) is 0 Å². The molecule has 2 amide bonds. The number of carbonyl (C=O) groups excluding carboxylic acids is 2. The maximum atomic E-state index is 14.0. The molecule has 1 N–H and O–H groups in total. The van der Waals surface area contributed by atoms with E-state index < -0.39 is 6.04 Å². The second-order valence-electron chi connectivity index (χ2n) is 5.85. The van der Waals surface area contributed by atoms with Gasteiger partial charge in [-0.15, -0.1) is 0 Å². The molecule has 132 valence electrons. The SMILES string of the molecule is CCNC(=O)[C@H](C)N(Cc1ccccc1F)C(=O)Cc1ccccc1. The second kappa shape index (κ2) is 8.97. The van der Waals surface area contributed by atoms with Crippen LogP contribution < -0.4 is 5.32 Å². The Labute approximate surface area is 147 Å². The monoisotopic (exact) mass is 342 g/mol. The van der Waals surface area contributed by atoms with E-state index in [-0.39, 0.29) is 30.6 Å². The highest BCUT2D eigenvalue weighted by Crippen LogP contribution is 2.15. The largest absolute Gasteiger partial charge is 0.355 e. The van der Waals surface area contributed by atoms with Crippen LogP contribution in [0.3, 0.4) is 0 Å². The lowest BCUT2D eigenvalue weighted by Gasteiger charge is -2.29. The summed E-state index contributed by atoms with van der Waals surface area (Å²) in [5.41, 5.74) is 1.24. The number of carbonyl (C=O) groups is 2. The quantitative estimate of drug-likeness (QED) is 0.841. The zero-order chi connectivity index (χ0) is 18.2. The van der Waals surface area contributed by atoms with Crippen LogP contribution in [0.1, 0.15) is 25.0 Å². The van der Waals surface area contributed by atoms with Crippen LogP contribution in [0.15, 0.2) is 54.6 Å². The average molecular weight is 342 g/mol. The third-order valence-electron chi connectivity index (χ3n) is 4.02. The molecule has 0 bridgehead atoms. The summed E-state index contributed by atoms with van der Waals surface area (Å²) in [5.74, 6) is -0.850. The first-order valence-electron chi connectivity index (χ1n) is 8.37. The third-order valence-corrected chi connectivity index (χ3v) is 4.02. The summed E-state index contributed by atoms with van der Waals surface area (Å²) in [4.78, 5) is 26.4. The first-order valence-corrected chi connectivity index (χ1v) is 8.37. The minimum atomic E-state index is -0.684.